The van der Waals surface area contributed by atoms with Crippen LogP contribution in [0.15, 0.2) is 80.8 Å². The molecule has 0 aliphatic carbocycles. The number of aryl methyl sites for hydroxylation is 1. The van der Waals surface area contributed by atoms with Gasteiger partial charge in [0.25, 0.3) is 5.91 Å². The van der Waals surface area contributed by atoms with Gasteiger partial charge in [0, 0.05) is 6.54 Å². The second-order valence-electron chi connectivity index (χ2n) is 8.82. The van der Waals surface area contributed by atoms with Gasteiger partial charge in [-0.2, -0.15) is 0 Å². The molecule has 3 aromatic carbocycles. The van der Waals surface area contributed by atoms with Crippen LogP contribution in [0.5, 0.6) is 11.5 Å². The van der Waals surface area contributed by atoms with E-state index in [1.165, 1.54) is 0 Å². The maximum atomic E-state index is 11.9. The summed E-state index contributed by atoms with van der Waals surface area (Å²) in [6.07, 6.45) is 0. The Kier molecular flexibility index (Phi) is 11.9. The molecule has 0 aliphatic rings. The van der Waals surface area contributed by atoms with Gasteiger partial charge in [0.05, 0.1) is 19.3 Å². The first kappa shape index (κ1) is 31.6. The summed E-state index contributed by atoms with van der Waals surface area (Å²) >= 11 is 0. The number of carbonyl (C=O) groups is 1. The molecule has 0 aliphatic heterocycles. The number of hydrogen-bond donors (Lipinski definition) is 3. The van der Waals surface area contributed by atoms with Crippen molar-refractivity contribution in [1.29, 1.82) is 0 Å². The normalized spacial score (nSPS) is 10.7. The molecule has 0 atom stereocenters. The summed E-state index contributed by atoms with van der Waals surface area (Å²) in [5, 5.41) is 20.6. The molecular weight excluding hydrogens is 545 g/mol. The van der Waals surface area contributed by atoms with E-state index in [1.807, 2.05) is 43.3 Å². The van der Waals surface area contributed by atoms with Crippen molar-refractivity contribution in [2.24, 2.45) is 0 Å². The van der Waals surface area contributed by atoms with Gasteiger partial charge in [0.15, 0.2) is 12.3 Å². The van der Waals surface area contributed by atoms with Crippen LogP contribution >= 0.6 is 0 Å². The maximum Gasteiger partial charge on any atom is 1.00 e. The summed E-state index contributed by atoms with van der Waals surface area (Å²) in [7, 11) is 0. The molecule has 1 heterocycles. The van der Waals surface area contributed by atoms with Crippen LogP contribution in [0.25, 0.3) is 11.1 Å². The Hall–Kier alpha value is -2.97. The van der Waals surface area contributed by atoms with Crippen molar-refractivity contribution in [2.45, 2.75) is 26.1 Å². The fourth-order valence-corrected chi connectivity index (χ4v) is 3.86. The van der Waals surface area contributed by atoms with Crippen molar-refractivity contribution in [3.05, 3.63) is 104 Å². The standard InChI is InChI=1S/C28H29N3O8.K/c1-18-11-24(38-17-26(34)29-22(14-32)15-33)9-10-25(18)21-4-2-3-20(12-21)16-37-23-7-5-19(6-8-23)13-31-27(35)30-28(36)39-31;/h2-12,22,32-33H,13-17H2,1H3,(H2,29,30,34,35,36);/q;+1/p-1. The molecule has 1 aromatic heterocycles. The number of aromatic nitrogens is 2. The van der Waals surface area contributed by atoms with Crippen LogP contribution in [-0.4, -0.2) is 46.7 Å². The Morgan fingerprint density at radius 1 is 0.975 bits per heavy atom. The number of hydrogen-bond acceptors (Lipinski definition) is 8. The topological polar surface area (TPSA) is 154 Å². The van der Waals surface area contributed by atoms with Gasteiger partial charge < -0.3 is 34.5 Å². The van der Waals surface area contributed by atoms with E-state index >= 15 is 0 Å². The van der Waals surface area contributed by atoms with Crippen LogP contribution in [0.2, 0.25) is 0 Å². The Morgan fingerprint density at radius 2 is 1.70 bits per heavy atom. The van der Waals surface area contributed by atoms with Gasteiger partial charge in [-0.3, -0.25) is 14.3 Å². The third-order valence-electron chi connectivity index (χ3n) is 5.86. The maximum absolute atomic E-state index is 11.9. The van der Waals surface area contributed by atoms with E-state index in [1.54, 1.807) is 30.3 Å². The van der Waals surface area contributed by atoms with Gasteiger partial charge in [-0.05, 0) is 65.1 Å². The molecule has 11 nitrogen and oxygen atoms in total. The molecule has 0 radical (unpaired) electrons. The third kappa shape index (κ3) is 8.76. The number of nitrogens with zero attached hydrogens (tertiary/aromatic N) is 2. The van der Waals surface area contributed by atoms with Crippen LogP contribution in [0.4, 0.5) is 0 Å². The summed E-state index contributed by atoms with van der Waals surface area (Å²) in [5.41, 5.74) is 3.95. The minimum atomic E-state index is -0.918. The second kappa shape index (κ2) is 15.1. The summed E-state index contributed by atoms with van der Waals surface area (Å²) < 4.78 is 17.1. The zero-order chi connectivity index (χ0) is 27.8. The number of rotatable bonds is 12. The van der Waals surface area contributed by atoms with Crippen molar-refractivity contribution in [3.63, 3.8) is 0 Å². The number of ether oxygens (including phenoxy) is 2. The molecular formula is C28H28KN3O8. The number of amides is 1. The van der Waals surface area contributed by atoms with Crippen molar-refractivity contribution in [2.75, 3.05) is 19.8 Å². The third-order valence-corrected chi connectivity index (χ3v) is 5.86. The van der Waals surface area contributed by atoms with Crippen LogP contribution in [-0.2, 0) is 17.9 Å². The molecule has 4 aromatic rings. The fourth-order valence-electron chi connectivity index (χ4n) is 3.86. The SMILES string of the molecule is Cc1cc(OCC(=O)NC(CO)CO)ccc1-c1cccc(COc2ccc(Cn3oc(=O)[n-]c3=O)cc2)c1.[K+]. The van der Waals surface area contributed by atoms with Crippen LogP contribution in [0.1, 0.15) is 16.7 Å². The minimum absolute atomic E-state index is 0. The summed E-state index contributed by atoms with van der Waals surface area (Å²) in [4.78, 5) is 37.7. The van der Waals surface area contributed by atoms with Crippen molar-refractivity contribution < 1.29 is 80.4 Å². The number of nitrogens with one attached hydrogen (secondary N) is 1. The minimum Gasteiger partial charge on any atom is -0.489 e. The molecule has 0 fully saturated rings. The van der Waals surface area contributed by atoms with E-state index in [9.17, 15) is 14.4 Å². The Bertz CT molecular complexity index is 1520. The molecule has 0 saturated heterocycles. The molecule has 4 rings (SSSR count). The van der Waals surface area contributed by atoms with Crippen molar-refractivity contribution >= 4 is 5.91 Å². The van der Waals surface area contributed by atoms with Gasteiger partial charge in [0.1, 0.15) is 18.1 Å². The van der Waals surface area contributed by atoms with Gasteiger partial charge in [0.2, 0.25) is 0 Å². The number of benzene rings is 3. The zero-order valence-corrected chi connectivity index (χ0v) is 25.3. The van der Waals surface area contributed by atoms with E-state index in [0.717, 1.165) is 32.6 Å². The molecule has 0 spiro atoms. The predicted molar refractivity (Wildman–Crippen MR) is 141 cm³/mol. The van der Waals surface area contributed by atoms with E-state index in [-0.39, 0.29) is 77.7 Å². The monoisotopic (exact) mass is 573 g/mol. The first-order valence-corrected chi connectivity index (χ1v) is 12.2. The fraction of sp³-hybridized carbons (Fsp3) is 0.250. The molecule has 40 heavy (non-hydrogen) atoms. The summed E-state index contributed by atoms with van der Waals surface area (Å²) in [6, 6.07) is 19.9. The quantitative estimate of drug-likeness (QED) is 0.167. The molecule has 0 saturated carbocycles. The second-order valence-corrected chi connectivity index (χ2v) is 8.82. The molecule has 3 N–H and O–H groups in total. The molecule has 0 unspecified atom stereocenters. The Morgan fingerprint density at radius 3 is 2.35 bits per heavy atom. The van der Waals surface area contributed by atoms with Crippen LogP contribution in [0, 0.1) is 6.92 Å². The van der Waals surface area contributed by atoms with Gasteiger partial charge in [-0.1, -0.05) is 36.4 Å². The van der Waals surface area contributed by atoms with Crippen molar-refractivity contribution in [1.82, 2.24) is 15.0 Å². The number of aliphatic hydroxyl groups excluding tert-OH is 2. The van der Waals surface area contributed by atoms with Crippen molar-refractivity contribution in [3.8, 4) is 22.6 Å². The summed E-state index contributed by atoms with van der Waals surface area (Å²) in [5.74, 6) is -0.181. The smallest absolute Gasteiger partial charge is 0.489 e. The van der Waals surface area contributed by atoms with Crippen LogP contribution in [0.3, 0.4) is 0 Å². The van der Waals surface area contributed by atoms with Gasteiger partial charge >= 0.3 is 57.1 Å². The average Bonchev–Trinajstić information content (AvgIpc) is 3.26. The molecule has 204 valence electrons. The predicted octanol–water partition coefficient (Wildman–Crippen LogP) is -1.79. The van der Waals surface area contributed by atoms with Gasteiger partial charge in [-0.15, -0.1) is 0 Å². The first-order valence-electron chi connectivity index (χ1n) is 12.2. The average molecular weight is 574 g/mol. The van der Waals surface area contributed by atoms with E-state index in [4.69, 9.17) is 24.2 Å². The number of carbonyl (C=O) groups excluding carboxylic acids is 1. The molecule has 1 amide bonds. The zero-order valence-electron chi connectivity index (χ0n) is 22.2. The molecule has 12 heteroatoms. The largest absolute Gasteiger partial charge is 1.00 e. The van der Waals surface area contributed by atoms with E-state index in [2.05, 4.69) is 10.3 Å². The summed E-state index contributed by atoms with van der Waals surface area (Å²) in [6.45, 7) is 1.44. The first-order chi connectivity index (χ1) is 18.8. The van der Waals surface area contributed by atoms with E-state index < -0.39 is 23.4 Å². The Labute approximate surface area is 272 Å². The van der Waals surface area contributed by atoms with E-state index in [0.29, 0.717) is 18.1 Å². The van der Waals surface area contributed by atoms with Crippen LogP contribution < -0.4 is 82.6 Å². The Balaban J connectivity index is 0.00000441. The number of aliphatic hydroxyl groups is 2. The molecule has 0 bridgehead atoms. The van der Waals surface area contributed by atoms with Gasteiger partial charge in [-0.25, -0.2) is 4.79 Å².